The van der Waals surface area contributed by atoms with Gasteiger partial charge >= 0.3 is 12.2 Å². The van der Waals surface area contributed by atoms with E-state index in [1.165, 1.54) is 12.8 Å². The Morgan fingerprint density at radius 3 is 2.25 bits per heavy atom. The number of hydrogen-bond acceptors (Lipinski definition) is 5. The van der Waals surface area contributed by atoms with E-state index in [2.05, 4.69) is 10.2 Å². The number of likely N-dealkylation sites (tertiary alicyclic amines) is 1. The molecular weight excluding hydrogens is 358 g/mol. The zero-order valence-electron chi connectivity index (χ0n) is 17.7. The van der Waals surface area contributed by atoms with Crippen molar-refractivity contribution < 1.29 is 19.1 Å². The molecule has 0 radical (unpaired) electrons. The number of carbonyl (C=O) groups is 2. The minimum atomic E-state index is -0.648. The zero-order valence-corrected chi connectivity index (χ0v) is 17.7. The van der Waals surface area contributed by atoms with Gasteiger partial charge < -0.3 is 25.4 Å². The first-order valence-electron chi connectivity index (χ1n) is 10.8. The average Bonchev–Trinajstić information content (AvgIpc) is 2.55. The first kappa shape index (κ1) is 21.2. The molecule has 3 N–H and O–H groups in total. The van der Waals surface area contributed by atoms with Crippen molar-refractivity contribution in [2.24, 2.45) is 17.1 Å². The van der Waals surface area contributed by atoms with Gasteiger partial charge in [0, 0.05) is 12.6 Å². The number of alkyl carbamates (subject to hydrolysis) is 1. The quantitative estimate of drug-likeness (QED) is 0.761. The molecular formula is C21H37N3O4. The summed E-state index contributed by atoms with van der Waals surface area (Å²) in [5.41, 5.74) is 5.09. The molecule has 0 aromatic rings. The highest BCUT2D eigenvalue weighted by Gasteiger charge is 2.46. The van der Waals surface area contributed by atoms with E-state index in [1.807, 2.05) is 20.8 Å². The second-order valence-corrected chi connectivity index (χ2v) is 10.1. The minimum Gasteiger partial charge on any atom is -0.446 e. The van der Waals surface area contributed by atoms with Gasteiger partial charge in [0.2, 0.25) is 0 Å². The van der Waals surface area contributed by atoms with Gasteiger partial charge in [-0.1, -0.05) is 0 Å². The molecule has 0 aromatic carbocycles. The fourth-order valence-electron chi connectivity index (χ4n) is 5.14. The predicted octanol–water partition coefficient (Wildman–Crippen LogP) is 3.41. The third-order valence-corrected chi connectivity index (χ3v) is 6.59. The third kappa shape index (κ3) is 6.00. The summed E-state index contributed by atoms with van der Waals surface area (Å²) in [6.07, 6.45) is 7.77. The smallest absolute Gasteiger partial charge is 0.407 e. The van der Waals surface area contributed by atoms with Crippen LogP contribution < -0.4 is 11.1 Å². The molecule has 160 valence electrons. The molecule has 0 aromatic heterocycles. The Balaban J connectivity index is 1.32. The lowest BCUT2D eigenvalue weighted by Gasteiger charge is -2.52. The number of carbonyl (C=O) groups excluding carboxylic acids is 2. The van der Waals surface area contributed by atoms with Crippen LogP contribution in [0.1, 0.15) is 72.1 Å². The molecule has 2 aliphatic carbocycles. The SMILES string of the molecule is CC(C)(C)OC(=O)NC1CC2(CCN(C[C@H]3CC[C@H](OC(N)=O)CC3)CC2)C1. The second-order valence-electron chi connectivity index (χ2n) is 10.1. The second kappa shape index (κ2) is 8.47. The molecule has 7 nitrogen and oxygen atoms in total. The van der Waals surface area contributed by atoms with Crippen LogP contribution in [0, 0.1) is 11.3 Å². The predicted molar refractivity (Wildman–Crippen MR) is 107 cm³/mol. The maximum Gasteiger partial charge on any atom is 0.407 e. The van der Waals surface area contributed by atoms with Crippen molar-refractivity contribution >= 4 is 12.2 Å². The summed E-state index contributed by atoms with van der Waals surface area (Å²) >= 11 is 0. The first-order valence-corrected chi connectivity index (χ1v) is 10.8. The normalized spacial score (nSPS) is 28.4. The lowest BCUT2D eigenvalue weighted by Crippen LogP contribution is -2.55. The van der Waals surface area contributed by atoms with Crippen LogP contribution in [-0.2, 0) is 9.47 Å². The lowest BCUT2D eigenvalue weighted by atomic mass is 9.60. The zero-order chi connectivity index (χ0) is 20.4. The summed E-state index contributed by atoms with van der Waals surface area (Å²) in [7, 11) is 0. The van der Waals surface area contributed by atoms with Crippen molar-refractivity contribution in [1.29, 1.82) is 0 Å². The number of amides is 2. The van der Waals surface area contributed by atoms with E-state index < -0.39 is 11.7 Å². The molecule has 0 atom stereocenters. The van der Waals surface area contributed by atoms with Gasteiger partial charge in [-0.3, -0.25) is 0 Å². The Bertz CT molecular complexity index is 550. The minimum absolute atomic E-state index is 0.0164. The fourth-order valence-corrected chi connectivity index (χ4v) is 5.14. The standard InChI is InChI=1S/C21H37N3O4/c1-20(2,3)28-19(26)23-16-12-21(13-16)8-10-24(11-9-21)14-15-4-6-17(7-5-15)27-18(22)25/h15-17H,4-14H2,1-3H3,(H2,22,25)(H,23,26)/t15-,17-. The first-order chi connectivity index (χ1) is 13.1. The van der Waals surface area contributed by atoms with Crippen LogP contribution in [0.2, 0.25) is 0 Å². The van der Waals surface area contributed by atoms with E-state index in [0.29, 0.717) is 11.3 Å². The van der Waals surface area contributed by atoms with Crippen molar-refractivity contribution in [2.75, 3.05) is 19.6 Å². The highest BCUT2D eigenvalue weighted by atomic mass is 16.6. The van der Waals surface area contributed by atoms with Gasteiger partial charge in [-0.2, -0.15) is 0 Å². The van der Waals surface area contributed by atoms with Crippen molar-refractivity contribution in [1.82, 2.24) is 10.2 Å². The molecule has 0 bridgehead atoms. The molecule has 3 aliphatic rings. The van der Waals surface area contributed by atoms with Crippen LogP contribution in [0.5, 0.6) is 0 Å². The average molecular weight is 396 g/mol. The largest absolute Gasteiger partial charge is 0.446 e. The molecule has 0 unspecified atom stereocenters. The summed E-state index contributed by atoms with van der Waals surface area (Å²) < 4.78 is 10.5. The van der Waals surface area contributed by atoms with E-state index >= 15 is 0 Å². The Hall–Kier alpha value is -1.50. The van der Waals surface area contributed by atoms with Gasteiger partial charge in [0.1, 0.15) is 11.7 Å². The van der Waals surface area contributed by atoms with Gasteiger partial charge in [-0.25, -0.2) is 9.59 Å². The van der Waals surface area contributed by atoms with Gasteiger partial charge in [0.25, 0.3) is 0 Å². The van der Waals surface area contributed by atoms with Crippen molar-refractivity contribution in [3.05, 3.63) is 0 Å². The number of rotatable bonds is 4. The van der Waals surface area contributed by atoms with Crippen molar-refractivity contribution in [2.45, 2.75) is 89.9 Å². The molecule has 2 amide bonds. The summed E-state index contributed by atoms with van der Waals surface area (Å²) in [5, 5.41) is 3.02. The number of hydrogen-bond donors (Lipinski definition) is 2. The van der Waals surface area contributed by atoms with E-state index in [4.69, 9.17) is 15.2 Å². The number of piperidine rings is 1. The van der Waals surface area contributed by atoms with Crippen LogP contribution >= 0.6 is 0 Å². The Kier molecular flexibility index (Phi) is 6.42. The summed E-state index contributed by atoms with van der Waals surface area (Å²) in [6, 6.07) is 0.266. The van der Waals surface area contributed by atoms with Crippen LogP contribution in [-0.4, -0.2) is 54.5 Å². The molecule has 1 spiro atoms. The van der Waals surface area contributed by atoms with Gasteiger partial charge in [0.15, 0.2) is 0 Å². The number of nitrogens with two attached hydrogens (primary N) is 1. The highest BCUT2D eigenvalue weighted by Crippen LogP contribution is 2.49. The molecule has 2 saturated carbocycles. The molecule has 1 aliphatic heterocycles. The lowest BCUT2D eigenvalue weighted by molar-refractivity contribution is -0.00865. The fraction of sp³-hybridized carbons (Fsp3) is 0.905. The van der Waals surface area contributed by atoms with E-state index in [9.17, 15) is 9.59 Å². The van der Waals surface area contributed by atoms with Crippen LogP contribution in [0.4, 0.5) is 9.59 Å². The molecule has 1 saturated heterocycles. The van der Waals surface area contributed by atoms with E-state index in [0.717, 1.165) is 58.2 Å². The number of ether oxygens (including phenoxy) is 2. The Morgan fingerprint density at radius 2 is 1.71 bits per heavy atom. The van der Waals surface area contributed by atoms with E-state index in [1.54, 1.807) is 0 Å². The summed E-state index contributed by atoms with van der Waals surface area (Å²) in [6.45, 7) is 9.12. The number of primary amides is 1. The summed E-state index contributed by atoms with van der Waals surface area (Å²) in [4.78, 5) is 25.4. The maximum absolute atomic E-state index is 11.9. The van der Waals surface area contributed by atoms with Crippen LogP contribution in [0.15, 0.2) is 0 Å². The monoisotopic (exact) mass is 395 g/mol. The van der Waals surface area contributed by atoms with Gasteiger partial charge in [-0.15, -0.1) is 0 Å². The topological polar surface area (TPSA) is 93.9 Å². The van der Waals surface area contributed by atoms with E-state index in [-0.39, 0.29) is 18.2 Å². The maximum atomic E-state index is 11.9. The Labute approximate surface area is 168 Å². The molecule has 1 heterocycles. The molecule has 28 heavy (non-hydrogen) atoms. The molecule has 7 heteroatoms. The number of nitrogens with one attached hydrogen (secondary N) is 1. The van der Waals surface area contributed by atoms with Crippen molar-refractivity contribution in [3.8, 4) is 0 Å². The van der Waals surface area contributed by atoms with Crippen LogP contribution in [0.3, 0.4) is 0 Å². The van der Waals surface area contributed by atoms with Gasteiger partial charge in [0.05, 0.1) is 0 Å². The number of nitrogens with zero attached hydrogens (tertiary/aromatic N) is 1. The summed E-state index contributed by atoms with van der Waals surface area (Å²) in [5.74, 6) is 0.699. The third-order valence-electron chi connectivity index (χ3n) is 6.59. The Morgan fingerprint density at radius 1 is 1.11 bits per heavy atom. The van der Waals surface area contributed by atoms with Crippen molar-refractivity contribution in [3.63, 3.8) is 0 Å². The molecule has 3 rings (SSSR count). The molecule has 3 fully saturated rings. The van der Waals surface area contributed by atoms with Gasteiger partial charge in [-0.05, 0) is 96.6 Å². The highest BCUT2D eigenvalue weighted by molar-refractivity contribution is 5.68. The van der Waals surface area contributed by atoms with Crippen LogP contribution in [0.25, 0.3) is 0 Å².